The molecule has 4 heteroatoms. The van der Waals surface area contributed by atoms with Gasteiger partial charge in [-0.2, -0.15) is 0 Å². The fraction of sp³-hybridized carbons (Fsp3) is 0.500. The lowest BCUT2D eigenvalue weighted by molar-refractivity contribution is 0.0779. The van der Waals surface area contributed by atoms with E-state index in [1.807, 2.05) is 4.90 Å². The van der Waals surface area contributed by atoms with Crippen LogP contribution in [0.15, 0.2) is 18.5 Å². The molecule has 1 aromatic rings. The molecule has 0 aromatic carbocycles. The number of carbonyl (C=O) groups excluding carboxylic acids is 1. The molecular formula is C12H17N3O. The quantitative estimate of drug-likeness (QED) is 0.779. The summed E-state index contributed by atoms with van der Waals surface area (Å²) in [6, 6.07) is 1.68. The minimum absolute atomic E-state index is 0.0190. The molecule has 86 valence electrons. The number of likely N-dealkylation sites (tertiary alicyclic amines) is 1. The molecule has 0 radical (unpaired) electrons. The summed E-state index contributed by atoms with van der Waals surface area (Å²) in [7, 11) is 0. The molecule has 1 aliphatic rings. The van der Waals surface area contributed by atoms with Gasteiger partial charge in [-0.1, -0.05) is 13.8 Å². The van der Waals surface area contributed by atoms with Gasteiger partial charge in [-0.15, -0.1) is 0 Å². The van der Waals surface area contributed by atoms with Crippen molar-refractivity contribution in [2.24, 2.45) is 5.41 Å². The number of aromatic nitrogens is 1. The monoisotopic (exact) mass is 219 g/mol. The first-order valence-electron chi connectivity index (χ1n) is 5.48. The first kappa shape index (κ1) is 10.9. The smallest absolute Gasteiger partial charge is 0.256 e. The summed E-state index contributed by atoms with van der Waals surface area (Å²) in [5.41, 5.74) is 6.98. The van der Waals surface area contributed by atoms with Gasteiger partial charge in [0.15, 0.2) is 0 Å². The molecule has 0 saturated carbocycles. The molecule has 0 atom stereocenters. The maximum atomic E-state index is 12.2. The van der Waals surface area contributed by atoms with Crippen molar-refractivity contribution in [3.63, 3.8) is 0 Å². The normalized spacial score (nSPS) is 18.8. The predicted molar refractivity (Wildman–Crippen MR) is 63.0 cm³/mol. The van der Waals surface area contributed by atoms with Crippen molar-refractivity contribution in [2.45, 2.75) is 20.3 Å². The number of hydrogen-bond donors (Lipinski definition) is 1. The summed E-state index contributed by atoms with van der Waals surface area (Å²) < 4.78 is 0. The number of anilines is 1. The third-order valence-corrected chi connectivity index (χ3v) is 3.05. The molecule has 0 bridgehead atoms. The maximum Gasteiger partial charge on any atom is 0.256 e. The van der Waals surface area contributed by atoms with Crippen molar-refractivity contribution >= 4 is 11.6 Å². The number of rotatable bonds is 1. The molecule has 1 saturated heterocycles. The highest BCUT2D eigenvalue weighted by Crippen LogP contribution is 2.30. The fourth-order valence-electron chi connectivity index (χ4n) is 2.06. The highest BCUT2D eigenvalue weighted by Gasteiger charge is 2.32. The van der Waals surface area contributed by atoms with Gasteiger partial charge in [0.05, 0.1) is 17.4 Å². The largest absolute Gasteiger partial charge is 0.397 e. The van der Waals surface area contributed by atoms with Crippen molar-refractivity contribution in [3.05, 3.63) is 24.0 Å². The lowest BCUT2D eigenvalue weighted by Crippen LogP contribution is -2.30. The number of hydrogen-bond acceptors (Lipinski definition) is 3. The average Bonchev–Trinajstić information content (AvgIpc) is 2.59. The number of amides is 1. The molecule has 4 nitrogen and oxygen atoms in total. The molecule has 1 aromatic heterocycles. The van der Waals surface area contributed by atoms with E-state index in [9.17, 15) is 4.79 Å². The second-order valence-electron chi connectivity index (χ2n) is 5.10. The van der Waals surface area contributed by atoms with Gasteiger partial charge in [-0.25, -0.2) is 0 Å². The molecule has 0 spiro atoms. The average molecular weight is 219 g/mol. The number of nitrogens with two attached hydrogens (primary N) is 1. The molecule has 0 unspecified atom stereocenters. The van der Waals surface area contributed by atoms with Crippen LogP contribution in [0.2, 0.25) is 0 Å². The highest BCUT2D eigenvalue weighted by molar-refractivity contribution is 5.99. The Bertz CT molecular complexity index is 414. The number of pyridine rings is 1. The summed E-state index contributed by atoms with van der Waals surface area (Å²) in [5, 5.41) is 0. The van der Waals surface area contributed by atoms with Crippen LogP contribution in [0.5, 0.6) is 0 Å². The first-order chi connectivity index (χ1) is 7.49. The Kier molecular flexibility index (Phi) is 2.58. The van der Waals surface area contributed by atoms with Crippen LogP contribution in [-0.4, -0.2) is 28.9 Å². The van der Waals surface area contributed by atoms with Crippen molar-refractivity contribution in [2.75, 3.05) is 18.8 Å². The van der Waals surface area contributed by atoms with E-state index in [0.717, 1.165) is 19.5 Å². The molecule has 16 heavy (non-hydrogen) atoms. The van der Waals surface area contributed by atoms with Crippen LogP contribution in [0.3, 0.4) is 0 Å². The number of nitrogen functional groups attached to an aromatic ring is 1. The zero-order valence-corrected chi connectivity index (χ0v) is 9.73. The Morgan fingerprint density at radius 2 is 2.31 bits per heavy atom. The van der Waals surface area contributed by atoms with Crippen LogP contribution in [0, 0.1) is 5.41 Å². The van der Waals surface area contributed by atoms with Crippen molar-refractivity contribution in [1.82, 2.24) is 9.88 Å². The Labute approximate surface area is 95.5 Å². The van der Waals surface area contributed by atoms with Crippen LogP contribution >= 0.6 is 0 Å². The van der Waals surface area contributed by atoms with Crippen LogP contribution in [0.25, 0.3) is 0 Å². The van der Waals surface area contributed by atoms with Crippen molar-refractivity contribution in [1.29, 1.82) is 0 Å². The summed E-state index contributed by atoms with van der Waals surface area (Å²) in [4.78, 5) is 17.9. The molecule has 1 aliphatic heterocycles. The molecule has 2 N–H and O–H groups in total. The Hall–Kier alpha value is -1.58. The lowest BCUT2D eigenvalue weighted by atomic mass is 9.93. The summed E-state index contributed by atoms with van der Waals surface area (Å²) in [6.07, 6.45) is 4.17. The second kappa shape index (κ2) is 3.77. The van der Waals surface area contributed by atoms with E-state index in [-0.39, 0.29) is 11.3 Å². The van der Waals surface area contributed by atoms with Crippen LogP contribution < -0.4 is 5.73 Å². The second-order valence-corrected chi connectivity index (χ2v) is 5.10. The van der Waals surface area contributed by atoms with Gasteiger partial charge in [0.25, 0.3) is 5.91 Å². The molecule has 1 amide bonds. The van der Waals surface area contributed by atoms with Gasteiger partial charge in [0, 0.05) is 19.3 Å². The van der Waals surface area contributed by atoms with Crippen LogP contribution in [0.1, 0.15) is 30.6 Å². The van der Waals surface area contributed by atoms with Crippen molar-refractivity contribution < 1.29 is 4.79 Å². The number of nitrogens with zero attached hydrogens (tertiary/aromatic N) is 2. The van der Waals surface area contributed by atoms with Gasteiger partial charge in [0.2, 0.25) is 0 Å². The van der Waals surface area contributed by atoms with E-state index >= 15 is 0 Å². The Morgan fingerprint density at radius 3 is 2.88 bits per heavy atom. The van der Waals surface area contributed by atoms with Crippen molar-refractivity contribution in [3.8, 4) is 0 Å². The lowest BCUT2D eigenvalue weighted by Gasteiger charge is -2.20. The number of carbonyl (C=O) groups is 1. The third kappa shape index (κ3) is 2.01. The molecule has 0 aliphatic carbocycles. The fourth-order valence-corrected chi connectivity index (χ4v) is 2.06. The standard InChI is InChI=1S/C12H17N3O/c1-12(2)4-6-15(8-12)11(16)9-3-5-14-7-10(9)13/h3,5,7H,4,6,8,13H2,1-2H3. The molecule has 1 fully saturated rings. The van der Waals surface area contributed by atoms with E-state index in [1.54, 1.807) is 12.3 Å². The van der Waals surface area contributed by atoms with Gasteiger partial charge >= 0.3 is 0 Å². The first-order valence-corrected chi connectivity index (χ1v) is 5.48. The van der Waals surface area contributed by atoms with Crippen LogP contribution in [0.4, 0.5) is 5.69 Å². The van der Waals surface area contributed by atoms with Gasteiger partial charge in [0.1, 0.15) is 0 Å². The third-order valence-electron chi connectivity index (χ3n) is 3.05. The van der Waals surface area contributed by atoms with E-state index in [1.165, 1.54) is 6.20 Å². The summed E-state index contributed by atoms with van der Waals surface area (Å²) in [6.45, 7) is 5.97. The molecular weight excluding hydrogens is 202 g/mol. The predicted octanol–water partition coefficient (Wildman–Crippen LogP) is 1.54. The minimum atomic E-state index is 0.0190. The Morgan fingerprint density at radius 1 is 1.56 bits per heavy atom. The van der Waals surface area contributed by atoms with Gasteiger partial charge in [-0.3, -0.25) is 9.78 Å². The zero-order valence-electron chi connectivity index (χ0n) is 9.73. The highest BCUT2D eigenvalue weighted by atomic mass is 16.2. The van der Waals surface area contributed by atoms with E-state index in [4.69, 9.17) is 5.73 Å². The van der Waals surface area contributed by atoms with Gasteiger partial charge < -0.3 is 10.6 Å². The minimum Gasteiger partial charge on any atom is -0.397 e. The molecule has 2 rings (SSSR count). The SMILES string of the molecule is CC1(C)CCN(C(=O)c2ccncc2N)C1. The van der Waals surface area contributed by atoms with E-state index in [2.05, 4.69) is 18.8 Å². The Balaban J connectivity index is 2.18. The maximum absolute atomic E-state index is 12.2. The van der Waals surface area contributed by atoms with Crippen LogP contribution in [-0.2, 0) is 0 Å². The topological polar surface area (TPSA) is 59.2 Å². The van der Waals surface area contributed by atoms with E-state index < -0.39 is 0 Å². The summed E-state index contributed by atoms with van der Waals surface area (Å²) in [5.74, 6) is 0.0190. The zero-order chi connectivity index (χ0) is 11.8. The molecule has 2 heterocycles. The van der Waals surface area contributed by atoms with Gasteiger partial charge in [-0.05, 0) is 17.9 Å². The van der Waals surface area contributed by atoms with E-state index in [0.29, 0.717) is 11.3 Å². The summed E-state index contributed by atoms with van der Waals surface area (Å²) >= 11 is 0.